The first kappa shape index (κ1) is 7.86. The summed E-state index contributed by atoms with van der Waals surface area (Å²) in [6, 6.07) is 10.6. The lowest BCUT2D eigenvalue weighted by molar-refractivity contribution is -0.137. The Balaban J connectivity index is 2.51. The lowest BCUT2D eigenvalue weighted by atomic mass is 10.2. The van der Waals surface area contributed by atoms with Crippen molar-refractivity contribution in [3.05, 3.63) is 36.5 Å². The zero-order chi connectivity index (χ0) is 9.26. The molecule has 0 aliphatic carbocycles. The van der Waals surface area contributed by atoms with E-state index in [0.717, 1.165) is 10.9 Å². The number of hydrogen-bond donors (Lipinski definition) is 1. The van der Waals surface area contributed by atoms with E-state index in [-0.39, 0.29) is 6.54 Å². The van der Waals surface area contributed by atoms with E-state index >= 15 is 0 Å². The fourth-order valence-electron chi connectivity index (χ4n) is 1.34. The van der Waals surface area contributed by atoms with Crippen LogP contribution in [0.5, 0.6) is 0 Å². The molecule has 1 N–H and O–H groups in total. The van der Waals surface area contributed by atoms with Crippen LogP contribution in [0.3, 0.4) is 0 Å². The Hall–Kier alpha value is -1.77. The molecular weight excluding hydrogens is 166 g/mol. The van der Waals surface area contributed by atoms with Crippen molar-refractivity contribution in [2.24, 2.45) is 0 Å². The van der Waals surface area contributed by atoms with Crippen LogP contribution in [-0.4, -0.2) is 15.6 Å². The van der Waals surface area contributed by atoms with Crippen LogP contribution in [0.15, 0.2) is 30.5 Å². The minimum absolute atomic E-state index is 0.00991. The average molecular weight is 174 g/mol. The molecule has 0 spiro atoms. The highest BCUT2D eigenvalue weighted by Gasteiger charge is 2.02. The van der Waals surface area contributed by atoms with Gasteiger partial charge >= 0.3 is 5.97 Å². The topological polar surface area (TPSA) is 42.2 Å². The molecule has 3 heteroatoms. The molecule has 0 fully saturated rings. The first-order chi connectivity index (χ1) is 6.27. The minimum atomic E-state index is -0.838. The lowest BCUT2D eigenvalue weighted by Gasteiger charge is -1.99. The molecule has 65 valence electrons. The summed E-state index contributed by atoms with van der Waals surface area (Å²) < 4.78 is 1.66. The van der Waals surface area contributed by atoms with E-state index < -0.39 is 5.97 Å². The molecule has 1 radical (unpaired) electrons. The summed E-state index contributed by atoms with van der Waals surface area (Å²) in [5.41, 5.74) is 0.907. The van der Waals surface area contributed by atoms with E-state index in [4.69, 9.17) is 5.11 Å². The molecule has 0 unspecified atom stereocenters. The molecule has 0 amide bonds. The van der Waals surface area contributed by atoms with Crippen LogP contribution in [-0.2, 0) is 11.3 Å². The number of fused-ring (bicyclic) bond motifs is 1. The predicted octanol–water partition coefficient (Wildman–Crippen LogP) is 1.53. The van der Waals surface area contributed by atoms with Crippen molar-refractivity contribution in [1.82, 2.24) is 4.57 Å². The second-order valence-electron chi connectivity index (χ2n) is 2.81. The second kappa shape index (κ2) is 2.94. The molecule has 0 bridgehead atoms. The molecule has 2 aromatic rings. The van der Waals surface area contributed by atoms with E-state index in [1.165, 1.54) is 0 Å². The van der Waals surface area contributed by atoms with Crippen LogP contribution in [0, 0.1) is 6.07 Å². The fraction of sp³-hybridized carbons (Fsp3) is 0.100. The van der Waals surface area contributed by atoms with Crippen LogP contribution in [0.2, 0.25) is 0 Å². The number of para-hydroxylation sites is 1. The van der Waals surface area contributed by atoms with Gasteiger partial charge in [-0.1, -0.05) is 18.2 Å². The fourth-order valence-corrected chi connectivity index (χ4v) is 1.34. The van der Waals surface area contributed by atoms with Crippen molar-refractivity contribution in [3.8, 4) is 0 Å². The number of carboxylic acids is 1. The summed E-state index contributed by atoms with van der Waals surface area (Å²) in [6.45, 7) is -0.00991. The SMILES string of the molecule is O=C(O)Cn1c[c]c2ccccc21. The van der Waals surface area contributed by atoms with Crippen LogP contribution in [0.25, 0.3) is 10.9 Å². The maximum absolute atomic E-state index is 10.5. The minimum Gasteiger partial charge on any atom is -0.480 e. The van der Waals surface area contributed by atoms with Gasteiger partial charge in [-0.3, -0.25) is 4.79 Å². The van der Waals surface area contributed by atoms with Gasteiger partial charge in [-0.2, -0.15) is 0 Å². The Morgan fingerprint density at radius 1 is 1.46 bits per heavy atom. The summed E-state index contributed by atoms with van der Waals surface area (Å²) in [7, 11) is 0. The molecular formula is C10H8NO2. The first-order valence-electron chi connectivity index (χ1n) is 3.95. The maximum Gasteiger partial charge on any atom is 0.323 e. The Bertz CT molecular complexity index is 445. The van der Waals surface area contributed by atoms with E-state index in [1.807, 2.05) is 24.3 Å². The zero-order valence-electron chi connectivity index (χ0n) is 6.90. The monoisotopic (exact) mass is 174 g/mol. The van der Waals surface area contributed by atoms with Gasteiger partial charge < -0.3 is 9.67 Å². The Kier molecular flexibility index (Phi) is 1.77. The van der Waals surface area contributed by atoms with Gasteiger partial charge in [-0.25, -0.2) is 0 Å². The Labute approximate surface area is 75.2 Å². The molecule has 2 rings (SSSR count). The van der Waals surface area contributed by atoms with Crippen molar-refractivity contribution in [2.45, 2.75) is 6.54 Å². The third-order valence-corrected chi connectivity index (χ3v) is 1.89. The van der Waals surface area contributed by atoms with Crippen LogP contribution >= 0.6 is 0 Å². The largest absolute Gasteiger partial charge is 0.480 e. The molecule has 13 heavy (non-hydrogen) atoms. The molecule has 0 aliphatic rings. The van der Waals surface area contributed by atoms with Crippen molar-refractivity contribution in [1.29, 1.82) is 0 Å². The summed E-state index contributed by atoms with van der Waals surface area (Å²) >= 11 is 0. The van der Waals surface area contributed by atoms with Crippen LogP contribution in [0.4, 0.5) is 0 Å². The highest BCUT2D eigenvalue weighted by molar-refractivity contribution is 5.80. The molecule has 3 nitrogen and oxygen atoms in total. The van der Waals surface area contributed by atoms with Crippen LogP contribution < -0.4 is 0 Å². The first-order valence-corrected chi connectivity index (χ1v) is 3.95. The van der Waals surface area contributed by atoms with Gasteiger partial charge in [-0.15, -0.1) is 0 Å². The number of carboxylic acid groups (broad SMARTS) is 1. The summed E-state index contributed by atoms with van der Waals surface area (Å²) in [6.07, 6.45) is 1.67. The lowest BCUT2D eigenvalue weighted by Crippen LogP contribution is -2.06. The third kappa shape index (κ3) is 1.40. The summed E-state index contributed by atoms with van der Waals surface area (Å²) in [4.78, 5) is 10.5. The van der Waals surface area contributed by atoms with Gasteiger partial charge in [0, 0.05) is 23.2 Å². The normalized spacial score (nSPS) is 10.5. The van der Waals surface area contributed by atoms with Crippen LogP contribution in [0.1, 0.15) is 0 Å². The highest BCUT2D eigenvalue weighted by atomic mass is 16.4. The molecule has 0 atom stereocenters. The van der Waals surface area contributed by atoms with Crippen molar-refractivity contribution in [2.75, 3.05) is 0 Å². The summed E-state index contributed by atoms with van der Waals surface area (Å²) in [5, 5.41) is 9.56. The number of carbonyl (C=O) groups is 1. The van der Waals surface area contributed by atoms with E-state index in [1.54, 1.807) is 10.8 Å². The molecule has 1 aromatic heterocycles. The van der Waals surface area contributed by atoms with Gasteiger partial charge in [0.25, 0.3) is 0 Å². The van der Waals surface area contributed by atoms with E-state index in [9.17, 15) is 4.79 Å². The molecule has 1 aromatic carbocycles. The number of hydrogen-bond acceptors (Lipinski definition) is 1. The number of nitrogens with zero attached hydrogens (tertiary/aromatic N) is 1. The Morgan fingerprint density at radius 3 is 3.00 bits per heavy atom. The summed E-state index contributed by atoms with van der Waals surface area (Å²) in [5.74, 6) is -0.838. The van der Waals surface area contributed by atoms with Gasteiger partial charge in [0.05, 0.1) is 0 Å². The number of aromatic nitrogens is 1. The van der Waals surface area contributed by atoms with Crippen molar-refractivity contribution < 1.29 is 9.90 Å². The molecule has 0 aliphatic heterocycles. The van der Waals surface area contributed by atoms with Gasteiger partial charge in [0.1, 0.15) is 6.54 Å². The van der Waals surface area contributed by atoms with Gasteiger partial charge in [-0.05, 0) is 6.07 Å². The second-order valence-corrected chi connectivity index (χ2v) is 2.81. The number of benzene rings is 1. The van der Waals surface area contributed by atoms with Crippen molar-refractivity contribution in [3.63, 3.8) is 0 Å². The average Bonchev–Trinajstić information content (AvgIpc) is 2.48. The predicted molar refractivity (Wildman–Crippen MR) is 48.4 cm³/mol. The van der Waals surface area contributed by atoms with Gasteiger partial charge in [0.15, 0.2) is 0 Å². The van der Waals surface area contributed by atoms with Crippen molar-refractivity contribution >= 4 is 16.9 Å². The third-order valence-electron chi connectivity index (χ3n) is 1.89. The number of aliphatic carboxylic acids is 1. The highest BCUT2D eigenvalue weighted by Crippen LogP contribution is 2.13. The van der Waals surface area contributed by atoms with E-state index in [2.05, 4.69) is 6.07 Å². The number of rotatable bonds is 2. The molecule has 0 saturated carbocycles. The zero-order valence-corrected chi connectivity index (χ0v) is 6.90. The van der Waals surface area contributed by atoms with Gasteiger partial charge in [0.2, 0.25) is 0 Å². The quantitative estimate of drug-likeness (QED) is 0.750. The van der Waals surface area contributed by atoms with E-state index in [0.29, 0.717) is 0 Å². The molecule has 1 heterocycles. The molecule has 0 saturated heterocycles. The maximum atomic E-state index is 10.5. The smallest absolute Gasteiger partial charge is 0.323 e. The Morgan fingerprint density at radius 2 is 2.23 bits per heavy atom. The standard InChI is InChI=1S/C10H8NO2/c12-10(13)7-11-6-5-8-3-1-2-4-9(8)11/h1-4,6H,7H2,(H,12,13).